The molecular weight excluding hydrogens is 270 g/mol. The zero-order valence-corrected chi connectivity index (χ0v) is 12.4. The van der Waals surface area contributed by atoms with Crippen LogP contribution in [-0.2, 0) is 9.53 Å². The molecule has 1 aromatic heterocycles. The molecule has 1 atom stereocenters. The highest BCUT2D eigenvalue weighted by Gasteiger charge is 2.35. The maximum absolute atomic E-state index is 12.5. The summed E-state index contributed by atoms with van der Waals surface area (Å²) >= 11 is 0. The van der Waals surface area contributed by atoms with Crippen LogP contribution in [0.2, 0.25) is 0 Å². The van der Waals surface area contributed by atoms with Gasteiger partial charge < -0.3 is 15.0 Å². The third kappa shape index (κ3) is 2.89. The van der Waals surface area contributed by atoms with E-state index in [1.807, 2.05) is 13.0 Å². The largest absolute Gasteiger partial charge is 0.467 e. The van der Waals surface area contributed by atoms with Gasteiger partial charge in [0.05, 0.1) is 24.5 Å². The average molecular weight is 289 g/mol. The number of benzene rings is 1. The van der Waals surface area contributed by atoms with Crippen LogP contribution in [0.5, 0.6) is 0 Å². The Morgan fingerprint density at radius 3 is 2.86 bits per heavy atom. The zero-order valence-electron chi connectivity index (χ0n) is 12.4. The number of methoxy groups -OCH3 is 1. The minimum absolute atomic E-state index is 0.339. The number of nitrogens with one attached hydrogen (secondary N) is 2. The van der Waals surface area contributed by atoms with E-state index in [4.69, 9.17) is 4.74 Å². The number of aromatic amines is 1. The Bertz CT molecular complexity index is 665. The van der Waals surface area contributed by atoms with E-state index in [0.717, 1.165) is 11.9 Å². The minimum Gasteiger partial charge on any atom is -0.467 e. The highest BCUT2D eigenvalue weighted by molar-refractivity contribution is 6.06. The van der Waals surface area contributed by atoms with Crippen molar-refractivity contribution >= 4 is 22.9 Å². The number of nitrogens with zero attached hydrogens (tertiary/aromatic N) is 1. The number of amides is 1. The Morgan fingerprint density at radius 2 is 2.19 bits per heavy atom. The van der Waals surface area contributed by atoms with Gasteiger partial charge in [0.15, 0.2) is 0 Å². The monoisotopic (exact) mass is 289 g/mol. The van der Waals surface area contributed by atoms with Crippen LogP contribution in [0, 0.1) is 0 Å². The second kappa shape index (κ2) is 5.95. The molecule has 0 aliphatic heterocycles. The summed E-state index contributed by atoms with van der Waals surface area (Å²) in [6.07, 6.45) is 2.79. The number of para-hydroxylation sites is 1. The lowest BCUT2D eigenvalue weighted by molar-refractivity contribution is -0.147. The van der Waals surface area contributed by atoms with Crippen LogP contribution in [-0.4, -0.2) is 34.5 Å². The molecule has 0 aliphatic rings. The molecule has 0 unspecified atom stereocenters. The third-order valence-electron chi connectivity index (χ3n) is 3.47. The molecule has 0 saturated heterocycles. The fraction of sp³-hybridized carbons (Fsp3) is 0.400. The molecule has 2 rings (SSSR count). The lowest BCUT2D eigenvalue weighted by atomic mass is 9.95. The first-order valence-electron chi connectivity index (χ1n) is 6.85. The molecule has 1 heterocycles. The molecule has 6 heteroatoms. The summed E-state index contributed by atoms with van der Waals surface area (Å²) in [5.41, 5.74) is 0.746. The highest BCUT2D eigenvalue weighted by Crippen LogP contribution is 2.18. The summed E-state index contributed by atoms with van der Waals surface area (Å²) in [5.74, 6) is -0.791. The van der Waals surface area contributed by atoms with Crippen LogP contribution in [0.15, 0.2) is 24.5 Å². The van der Waals surface area contributed by atoms with E-state index < -0.39 is 11.5 Å². The summed E-state index contributed by atoms with van der Waals surface area (Å²) in [7, 11) is 1.32. The average Bonchev–Trinajstić information content (AvgIpc) is 2.94. The van der Waals surface area contributed by atoms with Gasteiger partial charge in [-0.1, -0.05) is 19.4 Å². The zero-order chi connectivity index (χ0) is 15.5. The lowest BCUT2D eigenvalue weighted by Crippen LogP contribution is -2.52. The van der Waals surface area contributed by atoms with Gasteiger partial charge in [0.2, 0.25) is 0 Å². The summed E-state index contributed by atoms with van der Waals surface area (Å²) in [4.78, 5) is 31.5. The second-order valence-corrected chi connectivity index (χ2v) is 5.13. The fourth-order valence-electron chi connectivity index (χ4n) is 2.41. The Kier molecular flexibility index (Phi) is 4.26. The van der Waals surface area contributed by atoms with Crippen molar-refractivity contribution < 1.29 is 14.3 Å². The van der Waals surface area contributed by atoms with Crippen LogP contribution in [0.1, 0.15) is 37.0 Å². The topological polar surface area (TPSA) is 84.1 Å². The van der Waals surface area contributed by atoms with Crippen LogP contribution < -0.4 is 5.32 Å². The quantitative estimate of drug-likeness (QED) is 0.825. The highest BCUT2D eigenvalue weighted by atomic mass is 16.5. The van der Waals surface area contributed by atoms with Gasteiger partial charge >= 0.3 is 5.97 Å². The molecule has 0 saturated carbocycles. The predicted octanol–water partition coefficient (Wildman–Crippen LogP) is 2.02. The number of esters is 1. The summed E-state index contributed by atoms with van der Waals surface area (Å²) in [5, 5.41) is 2.78. The number of H-pyrrole nitrogens is 1. The summed E-state index contributed by atoms with van der Waals surface area (Å²) in [6, 6.07) is 5.29. The van der Waals surface area contributed by atoms with Crippen molar-refractivity contribution in [3.8, 4) is 0 Å². The van der Waals surface area contributed by atoms with Gasteiger partial charge in [-0.05, 0) is 25.5 Å². The molecule has 112 valence electrons. The van der Waals surface area contributed by atoms with Gasteiger partial charge in [-0.3, -0.25) is 4.79 Å². The standard InChI is InChI=1S/C15H19N3O3/c1-4-8-15(2,14(20)21-3)18-13(19)10-6-5-7-11-12(10)17-9-16-11/h5-7,9H,4,8H2,1-3H3,(H,16,17)(H,18,19)/t15-/m0/s1. The summed E-state index contributed by atoms with van der Waals surface area (Å²) in [6.45, 7) is 3.62. The molecule has 6 nitrogen and oxygen atoms in total. The Hall–Kier alpha value is -2.37. The number of carbonyl (C=O) groups excluding carboxylic acids is 2. The number of hydrogen-bond acceptors (Lipinski definition) is 4. The first kappa shape index (κ1) is 15.0. The molecule has 21 heavy (non-hydrogen) atoms. The molecule has 0 aliphatic carbocycles. The van der Waals surface area contributed by atoms with Crippen LogP contribution in [0.3, 0.4) is 0 Å². The van der Waals surface area contributed by atoms with Crippen molar-refractivity contribution in [2.24, 2.45) is 0 Å². The lowest BCUT2D eigenvalue weighted by Gasteiger charge is -2.27. The number of carbonyl (C=O) groups is 2. The maximum Gasteiger partial charge on any atom is 0.331 e. The Labute approximate surface area is 122 Å². The van der Waals surface area contributed by atoms with Crippen molar-refractivity contribution in [1.29, 1.82) is 0 Å². The molecule has 0 fully saturated rings. The maximum atomic E-state index is 12.5. The molecule has 0 bridgehead atoms. The smallest absolute Gasteiger partial charge is 0.331 e. The molecule has 0 spiro atoms. The third-order valence-corrected chi connectivity index (χ3v) is 3.47. The number of rotatable bonds is 5. The molecular formula is C15H19N3O3. The van der Waals surface area contributed by atoms with Crippen molar-refractivity contribution in [1.82, 2.24) is 15.3 Å². The van der Waals surface area contributed by atoms with Crippen molar-refractivity contribution in [2.75, 3.05) is 7.11 Å². The van der Waals surface area contributed by atoms with Crippen LogP contribution >= 0.6 is 0 Å². The van der Waals surface area contributed by atoms with E-state index in [9.17, 15) is 9.59 Å². The molecule has 1 aromatic carbocycles. The Balaban J connectivity index is 2.31. The van der Waals surface area contributed by atoms with Gasteiger partial charge in [-0.15, -0.1) is 0 Å². The van der Waals surface area contributed by atoms with Crippen LogP contribution in [0.25, 0.3) is 11.0 Å². The van der Waals surface area contributed by atoms with Gasteiger partial charge in [-0.25, -0.2) is 9.78 Å². The SMILES string of the molecule is CCC[C@](C)(NC(=O)c1cccc2[nH]cnc12)C(=O)OC. The van der Waals surface area contributed by atoms with E-state index in [0.29, 0.717) is 17.5 Å². The first-order valence-corrected chi connectivity index (χ1v) is 6.85. The number of fused-ring (bicyclic) bond motifs is 1. The second-order valence-electron chi connectivity index (χ2n) is 5.13. The normalized spacial score (nSPS) is 13.7. The van der Waals surface area contributed by atoms with Crippen LogP contribution in [0.4, 0.5) is 0 Å². The van der Waals surface area contributed by atoms with E-state index in [2.05, 4.69) is 15.3 Å². The Morgan fingerprint density at radius 1 is 1.43 bits per heavy atom. The van der Waals surface area contributed by atoms with E-state index in [1.165, 1.54) is 13.4 Å². The summed E-state index contributed by atoms with van der Waals surface area (Å²) < 4.78 is 4.80. The van der Waals surface area contributed by atoms with E-state index in [1.54, 1.807) is 19.1 Å². The fourth-order valence-corrected chi connectivity index (χ4v) is 2.41. The number of ether oxygens (including phenoxy) is 1. The van der Waals surface area contributed by atoms with E-state index in [-0.39, 0.29) is 5.91 Å². The van der Waals surface area contributed by atoms with Gasteiger partial charge in [0, 0.05) is 0 Å². The first-order chi connectivity index (χ1) is 10.0. The number of hydrogen-bond donors (Lipinski definition) is 2. The van der Waals surface area contributed by atoms with Crippen molar-refractivity contribution in [2.45, 2.75) is 32.2 Å². The van der Waals surface area contributed by atoms with Gasteiger partial charge in [0.1, 0.15) is 11.1 Å². The van der Waals surface area contributed by atoms with E-state index >= 15 is 0 Å². The predicted molar refractivity (Wildman–Crippen MR) is 78.9 cm³/mol. The van der Waals surface area contributed by atoms with Gasteiger partial charge in [0.25, 0.3) is 5.91 Å². The van der Waals surface area contributed by atoms with Crippen molar-refractivity contribution in [3.63, 3.8) is 0 Å². The molecule has 0 radical (unpaired) electrons. The molecule has 2 N–H and O–H groups in total. The van der Waals surface area contributed by atoms with Gasteiger partial charge in [-0.2, -0.15) is 0 Å². The molecule has 2 aromatic rings. The molecule has 1 amide bonds. The minimum atomic E-state index is -1.04. The number of aromatic nitrogens is 2. The van der Waals surface area contributed by atoms with Crippen molar-refractivity contribution in [3.05, 3.63) is 30.1 Å². The number of imidazole rings is 1.